The number of nitrogens with zero attached hydrogens (tertiary/aromatic N) is 1. The maximum absolute atomic E-state index is 10.4. The van der Waals surface area contributed by atoms with E-state index in [1.807, 2.05) is 5.43 Å². The number of ether oxygens (including phenoxy) is 1. The fourth-order valence-corrected chi connectivity index (χ4v) is 0.300. The molecule has 0 aromatic rings. The van der Waals surface area contributed by atoms with Gasteiger partial charge in [0.25, 0.3) is 0 Å². The van der Waals surface area contributed by atoms with Crippen molar-refractivity contribution in [3.05, 3.63) is 0 Å². The van der Waals surface area contributed by atoms with E-state index in [1.54, 1.807) is 6.92 Å². The molecule has 0 bridgehead atoms. The Morgan fingerprint density at radius 3 is 3.00 bits per heavy atom. The lowest BCUT2D eigenvalue weighted by atomic mass is 10.7. The second kappa shape index (κ2) is 5.74. The highest BCUT2D eigenvalue weighted by Gasteiger charge is 1.91. The molecule has 0 fully saturated rings. The Bertz CT molecular complexity index is 144. The zero-order valence-electron chi connectivity index (χ0n) is 5.53. The summed E-state index contributed by atoms with van der Waals surface area (Å²) in [7, 11) is 0. The standard InChI is InChI=1S/C5H8N2O3/c1-2-10-5(9)3-6-7-4-8/h3-4H,2H2,1H3,(H,7,8). The van der Waals surface area contributed by atoms with Gasteiger partial charge in [-0.25, -0.2) is 10.2 Å². The molecule has 0 atom stereocenters. The largest absolute Gasteiger partial charge is 0.462 e. The van der Waals surface area contributed by atoms with Gasteiger partial charge in [-0.2, -0.15) is 5.10 Å². The smallest absolute Gasteiger partial charge is 0.351 e. The van der Waals surface area contributed by atoms with E-state index >= 15 is 0 Å². The molecule has 0 saturated carbocycles. The first-order valence-corrected chi connectivity index (χ1v) is 2.70. The van der Waals surface area contributed by atoms with E-state index in [0.717, 1.165) is 6.21 Å². The van der Waals surface area contributed by atoms with Crippen LogP contribution in [0.4, 0.5) is 0 Å². The lowest BCUT2D eigenvalue weighted by Crippen LogP contribution is -2.09. The van der Waals surface area contributed by atoms with E-state index in [4.69, 9.17) is 0 Å². The zero-order chi connectivity index (χ0) is 7.82. The van der Waals surface area contributed by atoms with Crippen LogP contribution >= 0.6 is 0 Å². The van der Waals surface area contributed by atoms with Gasteiger partial charge in [0.15, 0.2) is 0 Å². The van der Waals surface area contributed by atoms with Gasteiger partial charge >= 0.3 is 5.97 Å². The molecule has 0 radical (unpaired) electrons. The number of esters is 1. The second-order valence-electron chi connectivity index (χ2n) is 1.26. The average Bonchev–Trinajstić information content (AvgIpc) is 1.89. The van der Waals surface area contributed by atoms with E-state index in [0.29, 0.717) is 13.0 Å². The molecule has 0 saturated heterocycles. The minimum Gasteiger partial charge on any atom is -0.462 e. The fourth-order valence-electron chi connectivity index (χ4n) is 0.300. The highest BCUT2D eigenvalue weighted by molar-refractivity contribution is 6.23. The number of rotatable bonds is 4. The van der Waals surface area contributed by atoms with Gasteiger partial charge in [-0.15, -0.1) is 0 Å². The fraction of sp³-hybridized carbons (Fsp3) is 0.400. The summed E-state index contributed by atoms with van der Waals surface area (Å²) in [4.78, 5) is 20.0. The molecule has 0 aromatic heterocycles. The Balaban J connectivity index is 3.45. The molecule has 56 valence electrons. The molecular weight excluding hydrogens is 136 g/mol. The van der Waals surface area contributed by atoms with Gasteiger partial charge < -0.3 is 4.74 Å². The Labute approximate surface area is 58.1 Å². The summed E-state index contributed by atoms with van der Waals surface area (Å²) < 4.78 is 4.44. The van der Waals surface area contributed by atoms with Gasteiger partial charge in [0.1, 0.15) is 6.21 Å². The first-order valence-electron chi connectivity index (χ1n) is 2.70. The van der Waals surface area contributed by atoms with Gasteiger partial charge in [-0.1, -0.05) is 0 Å². The van der Waals surface area contributed by atoms with Gasteiger partial charge in [0.2, 0.25) is 6.41 Å². The van der Waals surface area contributed by atoms with Crippen LogP contribution in [0.25, 0.3) is 0 Å². The summed E-state index contributed by atoms with van der Waals surface area (Å²) in [5, 5.41) is 3.19. The van der Waals surface area contributed by atoms with Crippen molar-refractivity contribution < 1.29 is 14.3 Å². The van der Waals surface area contributed by atoms with Crippen molar-refractivity contribution in [2.75, 3.05) is 6.61 Å². The predicted molar refractivity (Wildman–Crippen MR) is 34.3 cm³/mol. The minimum absolute atomic E-state index is 0.298. The van der Waals surface area contributed by atoms with Crippen LogP contribution in [-0.2, 0) is 14.3 Å². The third-order valence-corrected chi connectivity index (χ3v) is 0.584. The molecule has 1 N–H and O–H groups in total. The van der Waals surface area contributed by atoms with Crippen molar-refractivity contribution in [3.63, 3.8) is 0 Å². The van der Waals surface area contributed by atoms with Crippen LogP contribution in [0.15, 0.2) is 5.10 Å². The van der Waals surface area contributed by atoms with E-state index in [9.17, 15) is 9.59 Å². The summed E-state index contributed by atoms with van der Waals surface area (Å²) in [5.41, 5.74) is 1.93. The topological polar surface area (TPSA) is 67.8 Å². The number of hydrazone groups is 1. The molecule has 0 aliphatic rings. The van der Waals surface area contributed by atoms with E-state index < -0.39 is 5.97 Å². The third-order valence-electron chi connectivity index (χ3n) is 0.584. The van der Waals surface area contributed by atoms with Crippen LogP contribution in [0.1, 0.15) is 6.92 Å². The molecule has 0 spiro atoms. The molecule has 0 heterocycles. The maximum atomic E-state index is 10.4. The molecule has 5 heteroatoms. The number of hydrogen-bond donors (Lipinski definition) is 1. The summed E-state index contributed by atoms with van der Waals surface area (Å²) in [6.07, 6.45) is 1.24. The number of hydrogen-bond acceptors (Lipinski definition) is 4. The molecule has 0 rings (SSSR count). The van der Waals surface area contributed by atoms with Gasteiger partial charge in [-0.05, 0) is 6.92 Å². The molecule has 10 heavy (non-hydrogen) atoms. The lowest BCUT2D eigenvalue weighted by Gasteiger charge is -1.92. The zero-order valence-corrected chi connectivity index (χ0v) is 5.53. The SMILES string of the molecule is CCOC(=O)C=NNC=O. The molecule has 0 aliphatic carbocycles. The first-order chi connectivity index (χ1) is 4.81. The molecule has 1 amide bonds. The second-order valence-corrected chi connectivity index (χ2v) is 1.26. The van der Waals surface area contributed by atoms with E-state index in [1.165, 1.54) is 0 Å². The van der Waals surface area contributed by atoms with Crippen molar-refractivity contribution >= 4 is 18.6 Å². The Morgan fingerprint density at radius 1 is 1.80 bits per heavy atom. The summed E-state index contributed by atoms with van der Waals surface area (Å²) >= 11 is 0. The molecule has 0 aromatic carbocycles. The molecule has 0 unspecified atom stereocenters. The Morgan fingerprint density at radius 2 is 2.50 bits per heavy atom. The first kappa shape index (κ1) is 8.61. The average molecular weight is 144 g/mol. The van der Waals surface area contributed by atoms with Crippen LogP contribution in [0, 0.1) is 0 Å². The monoisotopic (exact) mass is 144 g/mol. The van der Waals surface area contributed by atoms with Crippen LogP contribution in [0.3, 0.4) is 0 Å². The molecular formula is C5H8N2O3. The van der Waals surface area contributed by atoms with Crippen LogP contribution in [-0.4, -0.2) is 25.2 Å². The van der Waals surface area contributed by atoms with E-state index in [2.05, 4.69) is 9.84 Å². The quantitative estimate of drug-likeness (QED) is 0.245. The third kappa shape index (κ3) is 4.76. The summed E-state index contributed by atoms with van der Waals surface area (Å²) in [5.74, 6) is -0.572. The van der Waals surface area contributed by atoms with Crippen LogP contribution < -0.4 is 5.43 Å². The lowest BCUT2D eigenvalue weighted by molar-refractivity contribution is -0.134. The summed E-state index contributed by atoms with van der Waals surface area (Å²) in [6.45, 7) is 1.98. The number of carbonyl (C=O) groups is 2. The van der Waals surface area contributed by atoms with Gasteiger partial charge in [-0.3, -0.25) is 4.79 Å². The number of carbonyl (C=O) groups excluding carboxylic acids is 2. The summed E-state index contributed by atoms with van der Waals surface area (Å²) in [6, 6.07) is 0. The van der Waals surface area contributed by atoms with E-state index in [-0.39, 0.29) is 0 Å². The normalized spacial score (nSPS) is 9.30. The van der Waals surface area contributed by atoms with Crippen molar-refractivity contribution in [2.24, 2.45) is 5.10 Å². The Kier molecular flexibility index (Phi) is 4.94. The highest BCUT2D eigenvalue weighted by atomic mass is 16.5. The van der Waals surface area contributed by atoms with Crippen molar-refractivity contribution in [1.82, 2.24) is 5.43 Å². The van der Waals surface area contributed by atoms with Crippen molar-refractivity contribution in [1.29, 1.82) is 0 Å². The number of amides is 1. The highest BCUT2D eigenvalue weighted by Crippen LogP contribution is 1.70. The van der Waals surface area contributed by atoms with Gasteiger partial charge in [0, 0.05) is 0 Å². The van der Waals surface area contributed by atoms with Crippen LogP contribution in [0.2, 0.25) is 0 Å². The van der Waals surface area contributed by atoms with Gasteiger partial charge in [0.05, 0.1) is 6.61 Å². The minimum atomic E-state index is -0.572. The molecule has 5 nitrogen and oxygen atoms in total. The predicted octanol–water partition coefficient (Wildman–Crippen LogP) is -0.719. The van der Waals surface area contributed by atoms with Crippen molar-refractivity contribution in [3.8, 4) is 0 Å². The number of nitrogens with one attached hydrogen (secondary N) is 1. The van der Waals surface area contributed by atoms with Crippen LogP contribution in [0.5, 0.6) is 0 Å². The van der Waals surface area contributed by atoms with Crippen molar-refractivity contribution in [2.45, 2.75) is 6.92 Å². The maximum Gasteiger partial charge on any atom is 0.351 e. The molecule has 0 aliphatic heterocycles. The Hall–Kier alpha value is -1.39.